The number of nitrogens with one attached hydrogen (secondary N) is 1. The van der Waals surface area contributed by atoms with E-state index in [-0.39, 0.29) is 23.8 Å². The van der Waals surface area contributed by atoms with E-state index in [0.717, 1.165) is 33.4 Å². The van der Waals surface area contributed by atoms with Gasteiger partial charge >= 0.3 is 0 Å². The molecule has 7 nitrogen and oxygen atoms in total. The lowest BCUT2D eigenvalue weighted by Crippen LogP contribution is -2.53. The number of amides is 2. The minimum atomic E-state index is -4.14. The van der Waals surface area contributed by atoms with E-state index in [0.29, 0.717) is 12.2 Å². The van der Waals surface area contributed by atoms with Crippen LogP contribution in [0.5, 0.6) is 0 Å². The summed E-state index contributed by atoms with van der Waals surface area (Å²) in [5.74, 6) is -0.772. The number of sulfonamides is 1. The average Bonchev–Trinajstić information content (AvgIpc) is 2.99. The predicted octanol–water partition coefficient (Wildman–Crippen LogP) is 5.89. The minimum absolute atomic E-state index is 0.0886. The summed E-state index contributed by atoms with van der Waals surface area (Å²) >= 11 is 0. The van der Waals surface area contributed by atoms with Gasteiger partial charge in [0.25, 0.3) is 10.0 Å². The summed E-state index contributed by atoms with van der Waals surface area (Å²) < 4.78 is 29.6. The summed E-state index contributed by atoms with van der Waals surface area (Å²) in [4.78, 5) is 29.7. The molecular formula is C36H41N3O4S. The van der Waals surface area contributed by atoms with Gasteiger partial charge in [-0.1, -0.05) is 95.6 Å². The van der Waals surface area contributed by atoms with Crippen molar-refractivity contribution in [2.75, 3.05) is 17.4 Å². The Kier molecular flexibility index (Phi) is 10.6. The zero-order valence-corrected chi connectivity index (χ0v) is 26.9. The van der Waals surface area contributed by atoms with Crippen molar-refractivity contribution in [3.63, 3.8) is 0 Å². The van der Waals surface area contributed by atoms with Crippen molar-refractivity contribution >= 4 is 27.5 Å². The van der Waals surface area contributed by atoms with E-state index in [1.54, 1.807) is 30.3 Å². The number of carbonyl (C=O) groups is 2. The molecule has 0 fully saturated rings. The molecule has 0 saturated heterocycles. The van der Waals surface area contributed by atoms with Crippen molar-refractivity contribution in [3.05, 3.63) is 130 Å². The van der Waals surface area contributed by atoms with Crippen molar-refractivity contribution in [3.8, 4) is 0 Å². The second-order valence-electron chi connectivity index (χ2n) is 11.2. The lowest BCUT2D eigenvalue weighted by Gasteiger charge is -2.34. The van der Waals surface area contributed by atoms with Crippen molar-refractivity contribution in [2.24, 2.45) is 0 Å². The Labute approximate surface area is 261 Å². The second kappa shape index (κ2) is 14.4. The fourth-order valence-corrected chi connectivity index (χ4v) is 6.77. The lowest BCUT2D eigenvalue weighted by atomic mass is 10.0. The Bertz CT molecular complexity index is 1700. The molecule has 0 spiro atoms. The summed E-state index contributed by atoms with van der Waals surface area (Å²) in [5.41, 5.74) is 5.80. The number of carbonyl (C=O) groups excluding carboxylic acids is 2. The second-order valence-corrected chi connectivity index (χ2v) is 13.1. The van der Waals surface area contributed by atoms with Gasteiger partial charge in [-0.2, -0.15) is 0 Å². The lowest BCUT2D eigenvalue weighted by molar-refractivity contribution is -0.140. The molecule has 8 heteroatoms. The topological polar surface area (TPSA) is 86.8 Å². The van der Waals surface area contributed by atoms with Gasteiger partial charge in [0.2, 0.25) is 11.8 Å². The van der Waals surface area contributed by atoms with E-state index in [9.17, 15) is 18.0 Å². The molecule has 0 bridgehead atoms. The van der Waals surface area contributed by atoms with Gasteiger partial charge in [0.15, 0.2) is 0 Å². The number of hydrogen-bond donors (Lipinski definition) is 1. The third-order valence-electron chi connectivity index (χ3n) is 7.57. The van der Waals surface area contributed by atoms with Crippen LogP contribution in [0.15, 0.2) is 102 Å². The third kappa shape index (κ3) is 7.94. The van der Waals surface area contributed by atoms with Gasteiger partial charge in [-0.3, -0.25) is 13.9 Å². The van der Waals surface area contributed by atoms with Gasteiger partial charge in [0, 0.05) is 19.5 Å². The van der Waals surface area contributed by atoms with Crippen LogP contribution in [0.4, 0.5) is 5.69 Å². The molecular weight excluding hydrogens is 570 g/mol. The Morgan fingerprint density at radius 3 is 2.02 bits per heavy atom. The first kappa shape index (κ1) is 32.5. The quantitative estimate of drug-likeness (QED) is 0.216. The molecule has 1 atom stereocenters. The van der Waals surface area contributed by atoms with Crippen LogP contribution in [0.25, 0.3) is 0 Å². The van der Waals surface area contributed by atoms with Gasteiger partial charge < -0.3 is 10.2 Å². The Morgan fingerprint density at radius 1 is 0.750 bits per heavy atom. The van der Waals surface area contributed by atoms with E-state index in [2.05, 4.69) is 5.32 Å². The molecule has 4 rings (SSSR count). The highest BCUT2D eigenvalue weighted by Crippen LogP contribution is 2.29. The summed E-state index contributed by atoms with van der Waals surface area (Å²) in [6.07, 6.45) is 0.276. The number of anilines is 1. The average molecular weight is 612 g/mol. The SMILES string of the molecule is CCNC(=O)[C@@H](Cc1ccccc1)N(Cc1cccc(C)c1)C(=O)CN(c1ccc(C)cc1C)S(=O)(=O)c1ccc(C)cc1. The monoisotopic (exact) mass is 611 g/mol. The molecule has 0 aliphatic rings. The number of rotatable bonds is 12. The largest absolute Gasteiger partial charge is 0.355 e. The van der Waals surface area contributed by atoms with Crippen LogP contribution in [-0.2, 0) is 32.6 Å². The summed E-state index contributed by atoms with van der Waals surface area (Å²) in [6.45, 7) is 9.52. The Morgan fingerprint density at radius 2 is 1.39 bits per heavy atom. The van der Waals surface area contributed by atoms with E-state index in [4.69, 9.17) is 0 Å². The van der Waals surface area contributed by atoms with Crippen LogP contribution in [0.3, 0.4) is 0 Å². The van der Waals surface area contributed by atoms with Crippen molar-refractivity contribution in [2.45, 2.75) is 58.5 Å². The van der Waals surface area contributed by atoms with Crippen LogP contribution >= 0.6 is 0 Å². The molecule has 44 heavy (non-hydrogen) atoms. The fourth-order valence-electron chi connectivity index (χ4n) is 5.29. The minimum Gasteiger partial charge on any atom is -0.355 e. The zero-order chi connectivity index (χ0) is 31.9. The molecule has 0 heterocycles. The van der Waals surface area contributed by atoms with Gasteiger partial charge in [0.05, 0.1) is 10.6 Å². The molecule has 4 aromatic carbocycles. The third-order valence-corrected chi connectivity index (χ3v) is 9.34. The number of likely N-dealkylation sites (N-methyl/N-ethyl adjacent to an activating group) is 1. The van der Waals surface area contributed by atoms with E-state index < -0.39 is 28.5 Å². The highest BCUT2D eigenvalue weighted by Gasteiger charge is 2.35. The maximum atomic E-state index is 14.5. The molecule has 0 unspecified atom stereocenters. The number of benzene rings is 4. The van der Waals surface area contributed by atoms with E-state index in [1.165, 1.54) is 9.21 Å². The molecule has 2 amide bonds. The van der Waals surface area contributed by atoms with Gasteiger partial charge in [-0.25, -0.2) is 8.42 Å². The molecule has 0 aromatic heterocycles. The number of hydrogen-bond acceptors (Lipinski definition) is 4. The standard InChI is InChI=1S/C36H41N3O4S/c1-6-37-36(41)34(23-30-12-8-7-9-13-30)38(24-31-14-10-11-27(3)22-31)35(40)25-39(33-20-17-28(4)21-29(33)5)44(42,43)32-18-15-26(2)16-19-32/h7-22,34H,6,23-25H2,1-5H3,(H,37,41)/t34-/m1/s1. The smallest absolute Gasteiger partial charge is 0.264 e. The van der Waals surface area contributed by atoms with Gasteiger partial charge in [-0.05, 0) is 69.5 Å². The molecule has 230 valence electrons. The first-order chi connectivity index (χ1) is 21.0. The summed E-state index contributed by atoms with van der Waals surface area (Å²) in [5, 5.41) is 2.90. The maximum absolute atomic E-state index is 14.5. The van der Waals surface area contributed by atoms with Crippen LogP contribution in [0, 0.1) is 27.7 Å². The first-order valence-corrected chi connectivity index (χ1v) is 16.3. The van der Waals surface area contributed by atoms with Crippen molar-refractivity contribution in [1.29, 1.82) is 0 Å². The fraction of sp³-hybridized carbons (Fsp3) is 0.278. The number of nitrogens with zero attached hydrogens (tertiary/aromatic N) is 2. The molecule has 0 aliphatic carbocycles. The normalized spacial score (nSPS) is 11.9. The van der Waals surface area contributed by atoms with Gasteiger partial charge in [0.1, 0.15) is 12.6 Å². The van der Waals surface area contributed by atoms with Crippen LogP contribution in [-0.4, -0.2) is 44.3 Å². The molecule has 0 aliphatic heterocycles. The highest BCUT2D eigenvalue weighted by molar-refractivity contribution is 7.92. The predicted molar refractivity (Wildman–Crippen MR) is 176 cm³/mol. The van der Waals surface area contributed by atoms with Crippen LogP contribution < -0.4 is 9.62 Å². The van der Waals surface area contributed by atoms with E-state index >= 15 is 0 Å². The van der Waals surface area contributed by atoms with Crippen molar-refractivity contribution < 1.29 is 18.0 Å². The summed E-state index contributed by atoms with van der Waals surface area (Å²) in [7, 11) is -4.14. The van der Waals surface area contributed by atoms with Gasteiger partial charge in [-0.15, -0.1) is 0 Å². The van der Waals surface area contributed by atoms with Crippen LogP contribution in [0.2, 0.25) is 0 Å². The molecule has 0 saturated carbocycles. The Balaban J connectivity index is 1.82. The zero-order valence-electron chi connectivity index (χ0n) is 26.1. The van der Waals surface area contributed by atoms with E-state index in [1.807, 2.05) is 101 Å². The van der Waals surface area contributed by atoms with Crippen LogP contribution in [0.1, 0.15) is 40.3 Å². The highest BCUT2D eigenvalue weighted by atomic mass is 32.2. The number of aryl methyl sites for hydroxylation is 4. The molecule has 4 aromatic rings. The van der Waals surface area contributed by atoms with Crippen molar-refractivity contribution in [1.82, 2.24) is 10.2 Å². The molecule has 1 N–H and O–H groups in total. The maximum Gasteiger partial charge on any atom is 0.264 e. The first-order valence-electron chi connectivity index (χ1n) is 14.8. The summed E-state index contributed by atoms with van der Waals surface area (Å²) in [6, 6.07) is 28.5. The molecule has 0 radical (unpaired) electrons. The Hall–Kier alpha value is -4.43.